The van der Waals surface area contributed by atoms with E-state index in [9.17, 15) is 9.59 Å². The molecule has 1 saturated heterocycles. The fourth-order valence-electron chi connectivity index (χ4n) is 4.37. The molecule has 0 atom stereocenters. The zero-order valence-corrected chi connectivity index (χ0v) is 19.4. The Morgan fingerprint density at radius 2 is 1.74 bits per heavy atom. The summed E-state index contributed by atoms with van der Waals surface area (Å²) in [5.41, 5.74) is 1.67. The number of halogens is 1. The first-order chi connectivity index (χ1) is 15.0. The fraction of sp³-hybridized carbons (Fsp3) is 0.522. The van der Waals surface area contributed by atoms with Crippen molar-refractivity contribution in [3.63, 3.8) is 0 Å². The molecule has 31 heavy (non-hydrogen) atoms. The van der Waals surface area contributed by atoms with Gasteiger partial charge >= 0.3 is 6.03 Å². The molecule has 0 radical (unpaired) electrons. The molecule has 166 valence electrons. The molecule has 1 aromatic carbocycles. The van der Waals surface area contributed by atoms with E-state index in [-0.39, 0.29) is 18.0 Å². The van der Waals surface area contributed by atoms with E-state index in [1.54, 1.807) is 0 Å². The molecule has 2 aliphatic rings. The van der Waals surface area contributed by atoms with E-state index in [0.717, 1.165) is 41.9 Å². The van der Waals surface area contributed by atoms with Crippen molar-refractivity contribution in [2.45, 2.75) is 64.0 Å². The van der Waals surface area contributed by atoms with Gasteiger partial charge in [-0.15, -0.1) is 11.3 Å². The lowest BCUT2D eigenvalue weighted by Crippen LogP contribution is -2.51. The van der Waals surface area contributed by atoms with Crippen molar-refractivity contribution in [3.8, 4) is 10.6 Å². The molecule has 1 aromatic heterocycles. The van der Waals surface area contributed by atoms with Crippen LogP contribution in [0.25, 0.3) is 10.6 Å². The Morgan fingerprint density at radius 3 is 2.42 bits per heavy atom. The Labute approximate surface area is 192 Å². The number of rotatable bonds is 4. The Hall–Kier alpha value is -2.12. The average Bonchev–Trinajstić information content (AvgIpc) is 3.16. The maximum Gasteiger partial charge on any atom is 0.315 e. The van der Waals surface area contributed by atoms with Crippen LogP contribution in [0.4, 0.5) is 4.79 Å². The number of benzene rings is 1. The van der Waals surface area contributed by atoms with Crippen LogP contribution in [-0.2, 0) is 0 Å². The van der Waals surface area contributed by atoms with Crippen molar-refractivity contribution >= 4 is 34.9 Å². The third kappa shape index (κ3) is 5.57. The third-order valence-corrected chi connectivity index (χ3v) is 7.55. The lowest BCUT2D eigenvalue weighted by atomic mass is 9.96. The highest BCUT2D eigenvalue weighted by Gasteiger charge is 2.28. The number of aromatic nitrogens is 1. The van der Waals surface area contributed by atoms with E-state index in [0.29, 0.717) is 29.0 Å². The van der Waals surface area contributed by atoms with Gasteiger partial charge in [0.2, 0.25) is 0 Å². The number of thiazole rings is 1. The molecule has 0 unspecified atom stereocenters. The molecule has 8 heteroatoms. The van der Waals surface area contributed by atoms with Crippen LogP contribution in [0.3, 0.4) is 0 Å². The number of hydrogen-bond acceptors (Lipinski definition) is 4. The topological polar surface area (TPSA) is 74.3 Å². The minimum absolute atomic E-state index is 0.0217. The van der Waals surface area contributed by atoms with E-state index in [1.165, 1.54) is 30.6 Å². The smallest absolute Gasteiger partial charge is 0.315 e. The van der Waals surface area contributed by atoms with E-state index < -0.39 is 0 Å². The number of nitrogens with one attached hydrogen (secondary N) is 2. The summed E-state index contributed by atoms with van der Waals surface area (Å²) in [4.78, 5) is 32.5. The molecule has 3 amide bonds. The first-order valence-corrected chi connectivity index (χ1v) is 12.3. The number of likely N-dealkylation sites (tertiary alicyclic amines) is 1. The van der Waals surface area contributed by atoms with Gasteiger partial charge in [-0.1, -0.05) is 43.0 Å². The normalized spacial score (nSPS) is 18.1. The molecule has 2 fully saturated rings. The van der Waals surface area contributed by atoms with Gasteiger partial charge in [-0.05, 0) is 44.7 Å². The predicted octanol–water partition coefficient (Wildman–Crippen LogP) is 5.01. The van der Waals surface area contributed by atoms with Gasteiger partial charge < -0.3 is 15.5 Å². The van der Waals surface area contributed by atoms with Crippen LogP contribution in [0.2, 0.25) is 5.02 Å². The molecular weight excluding hydrogens is 432 g/mol. The molecule has 0 spiro atoms. The molecule has 2 aromatic rings. The highest BCUT2D eigenvalue weighted by atomic mass is 35.5. The number of hydrogen-bond donors (Lipinski definition) is 2. The average molecular weight is 461 g/mol. The van der Waals surface area contributed by atoms with Gasteiger partial charge in [-0.2, -0.15) is 0 Å². The monoisotopic (exact) mass is 460 g/mol. The lowest BCUT2D eigenvalue weighted by Gasteiger charge is -2.33. The molecule has 1 aliphatic carbocycles. The largest absolute Gasteiger partial charge is 0.338 e. The van der Waals surface area contributed by atoms with Crippen LogP contribution in [0.5, 0.6) is 0 Å². The number of urea groups is 1. The van der Waals surface area contributed by atoms with Crippen molar-refractivity contribution in [3.05, 3.63) is 39.9 Å². The van der Waals surface area contributed by atoms with Crippen molar-refractivity contribution < 1.29 is 9.59 Å². The quantitative estimate of drug-likeness (QED) is 0.673. The number of aryl methyl sites for hydroxylation is 1. The van der Waals surface area contributed by atoms with Gasteiger partial charge in [0.05, 0.1) is 5.69 Å². The summed E-state index contributed by atoms with van der Waals surface area (Å²) >= 11 is 7.51. The highest BCUT2D eigenvalue weighted by molar-refractivity contribution is 7.17. The molecule has 1 aliphatic heterocycles. The predicted molar refractivity (Wildman–Crippen MR) is 125 cm³/mol. The summed E-state index contributed by atoms with van der Waals surface area (Å²) in [5, 5.41) is 7.66. The van der Waals surface area contributed by atoms with Crippen LogP contribution < -0.4 is 10.6 Å². The number of piperidine rings is 1. The van der Waals surface area contributed by atoms with Gasteiger partial charge in [-0.3, -0.25) is 4.79 Å². The fourth-order valence-corrected chi connectivity index (χ4v) is 5.59. The molecule has 1 saturated carbocycles. The van der Waals surface area contributed by atoms with Crippen LogP contribution in [0.15, 0.2) is 24.3 Å². The Bertz CT molecular complexity index is 933. The van der Waals surface area contributed by atoms with E-state index in [1.807, 2.05) is 36.1 Å². The summed E-state index contributed by atoms with van der Waals surface area (Å²) < 4.78 is 0. The van der Waals surface area contributed by atoms with Gasteiger partial charge in [-0.25, -0.2) is 9.78 Å². The van der Waals surface area contributed by atoms with Gasteiger partial charge in [0, 0.05) is 35.8 Å². The summed E-state index contributed by atoms with van der Waals surface area (Å²) in [6.45, 7) is 3.15. The molecular formula is C23H29ClN4O2S. The highest BCUT2D eigenvalue weighted by Crippen LogP contribution is 2.30. The third-order valence-electron chi connectivity index (χ3n) is 6.12. The number of amides is 3. The van der Waals surface area contributed by atoms with Gasteiger partial charge in [0.15, 0.2) is 0 Å². The van der Waals surface area contributed by atoms with Crippen LogP contribution >= 0.6 is 22.9 Å². The second-order valence-corrected chi connectivity index (χ2v) is 9.90. The lowest BCUT2D eigenvalue weighted by molar-refractivity contribution is 0.0712. The standard InChI is InChI=1S/C23H29ClN4O2S/c1-15-20(31-21(25-15)16-6-5-7-17(24)14-16)22(29)28-12-10-19(11-13-28)27-23(30)26-18-8-3-2-4-9-18/h5-7,14,18-19H,2-4,8-13H2,1H3,(H2,26,27,30). The van der Waals surface area contributed by atoms with Crippen molar-refractivity contribution in [2.24, 2.45) is 0 Å². The first-order valence-electron chi connectivity index (χ1n) is 11.1. The zero-order chi connectivity index (χ0) is 21.8. The molecule has 2 heterocycles. The minimum atomic E-state index is -0.0684. The summed E-state index contributed by atoms with van der Waals surface area (Å²) in [6.07, 6.45) is 7.35. The minimum Gasteiger partial charge on any atom is -0.338 e. The maximum absolute atomic E-state index is 13.1. The number of carbonyl (C=O) groups excluding carboxylic acids is 2. The van der Waals surface area contributed by atoms with Crippen LogP contribution in [-0.4, -0.2) is 47.0 Å². The molecule has 2 N–H and O–H groups in total. The van der Waals surface area contributed by atoms with Gasteiger partial charge in [0.25, 0.3) is 5.91 Å². The van der Waals surface area contributed by atoms with Crippen molar-refractivity contribution in [2.75, 3.05) is 13.1 Å². The molecule has 4 rings (SSSR count). The van der Waals surface area contributed by atoms with Crippen molar-refractivity contribution in [1.82, 2.24) is 20.5 Å². The number of carbonyl (C=O) groups is 2. The second kappa shape index (κ2) is 10.0. The zero-order valence-electron chi connectivity index (χ0n) is 17.8. The number of nitrogens with zero attached hydrogens (tertiary/aromatic N) is 2. The first kappa shape index (κ1) is 22.1. The van der Waals surface area contributed by atoms with E-state index in [2.05, 4.69) is 15.6 Å². The van der Waals surface area contributed by atoms with Crippen molar-refractivity contribution in [1.29, 1.82) is 0 Å². The Morgan fingerprint density at radius 1 is 1.06 bits per heavy atom. The summed E-state index contributed by atoms with van der Waals surface area (Å²) in [6, 6.07) is 7.87. The van der Waals surface area contributed by atoms with Crippen LogP contribution in [0.1, 0.15) is 60.3 Å². The Kier molecular flexibility index (Phi) is 7.13. The SMILES string of the molecule is Cc1nc(-c2cccc(Cl)c2)sc1C(=O)N1CCC(NC(=O)NC2CCCCC2)CC1. The van der Waals surface area contributed by atoms with E-state index in [4.69, 9.17) is 11.6 Å². The van der Waals surface area contributed by atoms with E-state index >= 15 is 0 Å². The maximum atomic E-state index is 13.1. The summed E-state index contributed by atoms with van der Waals surface area (Å²) in [5.74, 6) is 0.0217. The second-order valence-electron chi connectivity index (χ2n) is 8.46. The van der Waals surface area contributed by atoms with Crippen LogP contribution in [0, 0.1) is 6.92 Å². The molecule has 0 bridgehead atoms. The van der Waals surface area contributed by atoms with Gasteiger partial charge in [0.1, 0.15) is 9.88 Å². The molecule has 6 nitrogen and oxygen atoms in total. The summed E-state index contributed by atoms with van der Waals surface area (Å²) in [7, 11) is 0. The Balaban J connectivity index is 1.30.